The van der Waals surface area contributed by atoms with Crippen molar-refractivity contribution < 1.29 is 9.52 Å². The summed E-state index contributed by atoms with van der Waals surface area (Å²) in [6.07, 6.45) is 2.09. The molecule has 2 atom stereocenters. The van der Waals surface area contributed by atoms with Crippen LogP contribution in [0.4, 0.5) is 17.1 Å². The van der Waals surface area contributed by atoms with Crippen LogP contribution >= 0.6 is 11.8 Å². The van der Waals surface area contributed by atoms with Crippen molar-refractivity contribution in [3.8, 4) is 44.8 Å². The number of hydrogen-bond acceptors (Lipinski definition) is 4. The predicted molar refractivity (Wildman–Crippen MR) is 267 cm³/mol. The van der Waals surface area contributed by atoms with Gasteiger partial charge in [-0.25, -0.2) is 0 Å². The molecule has 0 saturated carbocycles. The molecule has 9 aromatic carbocycles. The Morgan fingerprint density at radius 2 is 1.32 bits per heavy atom. The number of rotatable bonds is 7. The first-order valence-corrected chi connectivity index (χ1v) is 23.1. The second kappa shape index (κ2) is 15.1. The van der Waals surface area contributed by atoms with Crippen LogP contribution in [-0.2, 0) is 6.42 Å². The molecule has 65 heavy (non-hydrogen) atoms. The fraction of sp³-hybridized carbons (Fsp3) is 0.0667. The molecule has 2 unspecified atom stereocenters. The zero-order valence-electron chi connectivity index (χ0n) is 35.3. The molecule has 0 saturated heterocycles. The third-order valence-electron chi connectivity index (χ3n) is 13.5. The Bertz CT molecular complexity index is 3610. The Hall–Kier alpha value is -7.91. The van der Waals surface area contributed by atoms with Crippen LogP contribution in [-0.4, -0.2) is 9.67 Å². The number of anilines is 3. The summed E-state index contributed by atoms with van der Waals surface area (Å²) >= 11 is 2.02. The highest BCUT2D eigenvalue weighted by atomic mass is 32.2. The van der Waals surface area contributed by atoms with Gasteiger partial charge in [-0.05, 0) is 95.3 Å². The Morgan fingerprint density at radius 3 is 2.17 bits per heavy atom. The Kier molecular flexibility index (Phi) is 8.76. The fourth-order valence-electron chi connectivity index (χ4n) is 10.6. The molecule has 308 valence electrons. The summed E-state index contributed by atoms with van der Waals surface area (Å²) in [5, 5.41) is 15.6. The molecular weight excluding hydrogens is 813 g/mol. The summed E-state index contributed by atoms with van der Waals surface area (Å²) in [4.78, 5) is 3.71. The topological polar surface area (TPSA) is 41.5 Å². The monoisotopic (exact) mass is 852 g/mol. The summed E-state index contributed by atoms with van der Waals surface area (Å²) in [6.45, 7) is 0. The maximum absolute atomic E-state index is 11.9. The van der Waals surface area contributed by atoms with Crippen molar-refractivity contribution in [2.75, 3.05) is 4.90 Å². The predicted octanol–water partition coefficient (Wildman–Crippen LogP) is 16.2. The molecule has 1 N–H and O–H groups in total. The number of phenols is 1. The molecule has 4 nitrogen and oxygen atoms in total. The van der Waals surface area contributed by atoms with Crippen LogP contribution in [0.3, 0.4) is 0 Å². The van der Waals surface area contributed by atoms with E-state index in [2.05, 4.69) is 149 Å². The number of nitrogens with zero attached hydrogens (tertiary/aromatic N) is 2. The molecule has 13 rings (SSSR count). The van der Waals surface area contributed by atoms with E-state index in [0.29, 0.717) is 5.92 Å². The molecular formula is C60H40N2O2S. The Labute approximate surface area is 381 Å². The first-order valence-electron chi connectivity index (χ1n) is 22.3. The van der Waals surface area contributed by atoms with E-state index in [1.165, 1.54) is 38.3 Å². The minimum absolute atomic E-state index is 0.269. The number of furan rings is 1. The molecule has 1 aliphatic carbocycles. The van der Waals surface area contributed by atoms with Crippen LogP contribution in [0.1, 0.15) is 34.4 Å². The van der Waals surface area contributed by atoms with E-state index >= 15 is 0 Å². The van der Waals surface area contributed by atoms with E-state index in [1.807, 2.05) is 84.6 Å². The van der Waals surface area contributed by atoms with Crippen molar-refractivity contribution in [1.29, 1.82) is 0 Å². The first-order chi connectivity index (χ1) is 32.2. The lowest BCUT2D eigenvalue weighted by Crippen LogP contribution is -2.15. The lowest BCUT2D eigenvalue weighted by molar-refractivity contribution is 0.479. The lowest BCUT2D eigenvalue weighted by Gasteiger charge is -2.28. The van der Waals surface area contributed by atoms with Gasteiger partial charge in [0.15, 0.2) is 5.58 Å². The standard InChI is InChI=1S/C60H40N2O2S/c63-57-44(38-15-3-1-4-16-38)23-12-24-45(57)40-17-11-20-43(37-40)61(42-33-31-39(32-34-42)46-25-13-26-48-47-21-8-10-30-55(47)64-58(46)48)54-29-14-27-49-50-35-36-53-56(60(50)65-59(49)54)51-22-7-9-28-52(51)62(53)41-18-5-2-6-19-41/h1-12,14-24,26-34,37,50,60,63H,35-36H2. The third-order valence-corrected chi connectivity index (χ3v) is 15.0. The highest BCUT2D eigenvalue weighted by molar-refractivity contribution is 8.00. The van der Waals surface area contributed by atoms with Gasteiger partial charge in [0.1, 0.15) is 11.3 Å². The third kappa shape index (κ3) is 6.02. The molecule has 2 aromatic heterocycles. The van der Waals surface area contributed by atoms with Crippen molar-refractivity contribution >= 4 is 61.7 Å². The number of aromatic hydroxyl groups is 1. The van der Waals surface area contributed by atoms with Gasteiger partial charge in [0.25, 0.3) is 0 Å². The summed E-state index contributed by atoms with van der Waals surface area (Å²) < 4.78 is 8.95. The molecule has 5 heteroatoms. The molecule has 11 aromatic rings. The number of aromatic nitrogens is 1. The number of phenolic OH excluding ortho intramolecular Hbond substituents is 1. The molecule has 0 amide bonds. The summed E-state index contributed by atoms with van der Waals surface area (Å²) in [5.41, 5.74) is 17.0. The SMILES string of the molecule is Oc1c(-c2ccccc2)cccc1-c1cccc(N(c2ccc(-c3c#ccc4c3oc3ccccc34)cc2)c2cccc3c2SC2c4c(n(-c5ccccc5)c5ccccc45)CCC32)c1. The van der Waals surface area contributed by atoms with Gasteiger partial charge in [0.2, 0.25) is 0 Å². The molecule has 0 bridgehead atoms. The summed E-state index contributed by atoms with van der Waals surface area (Å²) in [5.74, 6) is 0.645. The maximum Gasteiger partial charge on any atom is 0.152 e. The zero-order valence-corrected chi connectivity index (χ0v) is 36.1. The van der Waals surface area contributed by atoms with Crippen LogP contribution in [0, 0.1) is 12.1 Å². The highest BCUT2D eigenvalue weighted by Crippen LogP contribution is 2.63. The second-order valence-electron chi connectivity index (χ2n) is 17.1. The first kappa shape index (κ1) is 37.6. The Morgan fingerprint density at radius 1 is 0.615 bits per heavy atom. The molecule has 2 aliphatic rings. The van der Waals surface area contributed by atoms with Gasteiger partial charge in [-0.15, -0.1) is 11.8 Å². The van der Waals surface area contributed by atoms with E-state index in [1.54, 1.807) is 0 Å². The van der Waals surface area contributed by atoms with E-state index in [9.17, 15) is 5.11 Å². The van der Waals surface area contributed by atoms with Crippen LogP contribution in [0.25, 0.3) is 71.9 Å². The highest BCUT2D eigenvalue weighted by Gasteiger charge is 2.43. The average molecular weight is 853 g/mol. The number of thioether (sulfide) groups is 1. The van der Waals surface area contributed by atoms with Gasteiger partial charge in [-0.3, -0.25) is 0 Å². The van der Waals surface area contributed by atoms with Crippen LogP contribution < -0.4 is 4.90 Å². The molecule has 3 heterocycles. The number of para-hydroxylation sites is 4. The van der Waals surface area contributed by atoms with Crippen molar-refractivity contribution in [1.82, 2.24) is 4.57 Å². The van der Waals surface area contributed by atoms with Crippen molar-refractivity contribution in [3.05, 3.63) is 229 Å². The Balaban J connectivity index is 0.958. The second-order valence-corrected chi connectivity index (χ2v) is 18.2. The van der Waals surface area contributed by atoms with Crippen LogP contribution in [0.5, 0.6) is 5.75 Å². The number of fused-ring (bicyclic) bond motifs is 10. The largest absolute Gasteiger partial charge is 0.507 e. The lowest BCUT2D eigenvalue weighted by atomic mass is 9.81. The van der Waals surface area contributed by atoms with Gasteiger partial charge < -0.3 is 19.0 Å². The van der Waals surface area contributed by atoms with Crippen LogP contribution in [0.15, 0.2) is 210 Å². The van der Waals surface area contributed by atoms with Crippen LogP contribution in [0.2, 0.25) is 0 Å². The van der Waals surface area contributed by atoms with E-state index in [4.69, 9.17) is 4.42 Å². The molecule has 0 radical (unpaired) electrons. The van der Waals surface area contributed by atoms with E-state index in [-0.39, 0.29) is 11.0 Å². The molecule has 1 aliphatic heterocycles. The smallest absolute Gasteiger partial charge is 0.152 e. The van der Waals surface area contributed by atoms with Crippen molar-refractivity contribution in [2.45, 2.75) is 28.9 Å². The van der Waals surface area contributed by atoms with Crippen molar-refractivity contribution in [2.24, 2.45) is 0 Å². The number of benzene rings is 8. The van der Waals surface area contributed by atoms with E-state index < -0.39 is 0 Å². The maximum atomic E-state index is 11.9. The van der Waals surface area contributed by atoms with Gasteiger partial charge in [-0.2, -0.15) is 0 Å². The van der Waals surface area contributed by atoms with Crippen molar-refractivity contribution in [3.63, 3.8) is 0 Å². The van der Waals surface area contributed by atoms with Gasteiger partial charge >= 0.3 is 0 Å². The minimum Gasteiger partial charge on any atom is -0.507 e. The van der Waals surface area contributed by atoms with Gasteiger partial charge in [0, 0.05) is 72.2 Å². The quantitative estimate of drug-likeness (QED) is 0.173. The summed E-state index contributed by atoms with van der Waals surface area (Å²) in [7, 11) is 0. The van der Waals surface area contributed by atoms with Gasteiger partial charge in [-0.1, -0.05) is 152 Å². The molecule has 0 fully saturated rings. The summed E-state index contributed by atoms with van der Waals surface area (Å²) in [6, 6.07) is 77.0. The zero-order chi connectivity index (χ0) is 43.0. The van der Waals surface area contributed by atoms with E-state index in [0.717, 1.165) is 85.2 Å². The average Bonchev–Trinajstić information content (AvgIpc) is 4.05. The normalized spacial score (nSPS) is 15.1. The molecule has 0 spiro atoms. The number of hydrogen-bond donors (Lipinski definition) is 1. The minimum atomic E-state index is 0.269. The van der Waals surface area contributed by atoms with Gasteiger partial charge in [0.05, 0.1) is 16.8 Å². The fourth-order valence-corrected chi connectivity index (χ4v) is 12.3.